The highest BCUT2D eigenvalue weighted by molar-refractivity contribution is 5.70. The topological polar surface area (TPSA) is 95.2 Å². The largest absolute Gasteiger partial charge is 0.398 e. The SMILES string of the molecule is CCc1c(N)ccc(N)c1[N+](=O)[O-]. The molecule has 1 aromatic carbocycles. The van der Waals surface area contributed by atoms with E-state index >= 15 is 0 Å². The lowest BCUT2D eigenvalue weighted by atomic mass is 10.1. The van der Waals surface area contributed by atoms with Gasteiger partial charge >= 0.3 is 0 Å². The van der Waals surface area contributed by atoms with Gasteiger partial charge in [-0.15, -0.1) is 0 Å². The molecule has 70 valence electrons. The van der Waals surface area contributed by atoms with Gasteiger partial charge in [-0.25, -0.2) is 0 Å². The molecule has 0 radical (unpaired) electrons. The van der Waals surface area contributed by atoms with Crippen LogP contribution in [0.3, 0.4) is 0 Å². The highest BCUT2D eigenvalue weighted by Crippen LogP contribution is 2.30. The van der Waals surface area contributed by atoms with Crippen molar-refractivity contribution >= 4 is 17.1 Å². The van der Waals surface area contributed by atoms with Gasteiger partial charge in [-0.1, -0.05) is 6.92 Å². The van der Waals surface area contributed by atoms with Gasteiger partial charge in [0.25, 0.3) is 5.69 Å². The molecule has 5 heteroatoms. The molecule has 0 saturated carbocycles. The molecule has 0 aromatic heterocycles. The van der Waals surface area contributed by atoms with E-state index in [1.807, 2.05) is 0 Å². The summed E-state index contributed by atoms with van der Waals surface area (Å²) < 4.78 is 0. The first-order valence-electron chi connectivity index (χ1n) is 3.89. The Bertz CT molecular complexity index is 349. The summed E-state index contributed by atoms with van der Waals surface area (Å²) in [5, 5.41) is 10.6. The van der Waals surface area contributed by atoms with Crippen LogP contribution in [0.5, 0.6) is 0 Å². The van der Waals surface area contributed by atoms with Crippen molar-refractivity contribution in [2.75, 3.05) is 11.5 Å². The third kappa shape index (κ3) is 1.53. The maximum atomic E-state index is 10.6. The van der Waals surface area contributed by atoms with Crippen LogP contribution in [-0.2, 0) is 6.42 Å². The van der Waals surface area contributed by atoms with Gasteiger partial charge in [0.05, 0.1) is 10.5 Å². The molecule has 0 bridgehead atoms. The number of nitro benzene ring substituents is 1. The molecule has 1 aromatic rings. The molecule has 13 heavy (non-hydrogen) atoms. The fourth-order valence-electron chi connectivity index (χ4n) is 1.26. The van der Waals surface area contributed by atoms with E-state index in [9.17, 15) is 10.1 Å². The van der Waals surface area contributed by atoms with Crippen LogP contribution in [0.4, 0.5) is 17.1 Å². The second kappa shape index (κ2) is 3.30. The first-order valence-corrected chi connectivity index (χ1v) is 3.89. The van der Waals surface area contributed by atoms with Gasteiger partial charge in [0, 0.05) is 5.69 Å². The summed E-state index contributed by atoms with van der Waals surface area (Å²) in [4.78, 5) is 10.1. The minimum absolute atomic E-state index is 0.0671. The Morgan fingerprint density at radius 1 is 1.38 bits per heavy atom. The van der Waals surface area contributed by atoms with E-state index in [0.717, 1.165) is 0 Å². The second-order valence-corrected chi connectivity index (χ2v) is 2.68. The molecule has 0 aliphatic rings. The summed E-state index contributed by atoms with van der Waals surface area (Å²) in [6.45, 7) is 1.80. The van der Waals surface area contributed by atoms with Crippen LogP contribution in [0.15, 0.2) is 12.1 Å². The monoisotopic (exact) mass is 181 g/mol. The van der Waals surface area contributed by atoms with E-state index in [1.54, 1.807) is 13.0 Å². The molecule has 0 aliphatic heterocycles. The Morgan fingerprint density at radius 3 is 2.31 bits per heavy atom. The molecule has 4 N–H and O–H groups in total. The third-order valence-corrected chi connectivity index (χ3v) is 1.89. The van der Waals surface area contributed by atoms with Crippen molar-refractivity contribution in [1.29, 1.82) is 0 Å². The predicted molar refractivity (Wildman–Crippen MR) is 51.3 cm³/mol. The maximum Gasteiger partial charge on any atom is 0.297 e. The molecular formula is C8H11N3O2. The highest BCUT2D eigenvalue weighted by Gasteiger charge is 2.18. The lowest BCUT2D eigenvalue weighted by molar-refractivity contribution is -0.384. The van der Waals surface area contributed by atoms with Crippen molar-refractivity contribution in [3.05, 3.63) is 27.8 Å². The standard InChI is InChI=1S/C8H11N3O2/c1-2-5-6(9)3-4-7(10)8(5)11(12)13/h3-4H,2,9-10H2,1H3. The number of hydrogen-bond acceptors (Lipinski definition) is 4. The summed E-state index contributed by atoms with van der Waals surface area (Å²) in [6, 6.07) is 3.04. The molecule has 0 fully saturated rings. The first-order chi connectivity index (χ1) is 6.07. The van der Waals surface area contributed by atoms with Gasteiger partial charge in [-0.3, -0.25) is 10.1 Å². The number of rotatable bonds is 2. The average molecular weight is 181 g/mol. The fourth-order valence-corrected chi connectivity index (χ4v) is 1.26. The lowest BCUT2D eigenvalue weighted by Gasteiger charge is -2.05. The fraction of sp³-hybridized carbons (Fsp3) is 0.250. The van der Waals surface area contributed by atoms with Crippen LogP contribution in [0, 0.1) is 10.1 Å². The summed E-state index contributed by atoms with van der Waals surface area (Å²) in [5.41, 5.74) is 12.1. The Labute approximate surface area is 75.5 Å². The third-order valence-electron chi connectivity index (χ3n) is 1.89. The zero-order valence-electron chi connectivity index (χ0n) is 7.28. The second-order valence-electron chi connectivity index (χ2n) is 2.68. The molecule has 0 amide bonds. The van der Waals surface area contributed by atoms with Gasteiger partial charge in [0.15, 0.2) is 0 Å². The number of benzene rings is 1. The molecule has 0 unspecified atom stereocenters. The van der Waals surface area contributed by atoms with Crippen molar-refractivity contribution in [2.45, 2.75) is 13.3 Å². The van der Waals surface area contributed by atoms with Crippen LogP contribution in [-0.4, -0.2) is 4.92 Å². The van der Waals surface area contributed by atoms with Gasteiger partial charge in [-0.05, 0) is 18.6 Å². The van der Waals surface area contributed by atoms with Crippen molar-refractivity contribution < 1.29 is 4.92 Å². The minimum Gasteiger partial charge on any atom is -0.398 e. The van der Waals surface area contributed by atoms with Crippen molar-refractivity contribution in [3.8, 4) is 0 Å². The zero-order valence-corrected chi connectivity index (χ0v) is 7.28. The van der Waals surface area contributed by atoms with Gasteiger partial charge in [-0.2, -0.15) is 0 Å². The van der Waals surface area contributed by atoms with Gasteiger partial charge < -0.3 is 11.5 Å². The molecular weight excluding hydrogens is 170 g/mol. The Hall–Kier alpha value is -1.78. The van der Waals surface area contributed by atoms with Crippen molar-refractivity contribution in [2.24, 2.45) is 0 Å². The first kappa shape index (κ1) is 9.31. The quantitative estimate of drug-likeness (QED) is 0.408. The van der Waals surface area contributed by atoms with Crippen LogP contribution >= 0.6 is 0 Å². The number of hydrogen-bond donors (Lipinski definition) is 2. The van der Waals surface area contributed by atoms with E-state index in [-0.39, 0.29) is 11.4 Å². The lowest BCUT2D eigenvalue weighted by Crippen LogP contribution is -2.03. The molecule has 0 atom stereocenters. The van der Waals surface area contributed by atoms with Gasteiger partial charge in [0.1, 0.15) is 5.69 Å². The molecule has 0 heterocycles. The molecule has 1 rings (SSSR count). The van der Waals surface area contributed by atoms with Gasteiger partial charge in [0.2, 0.25) is 0 Å². The van der Waals surface area contributed by atoms with Crippen LogP contribution in [0.25, 0.3) is 0 Å². The van der Waals surface area contributed by atoms with E-state index < -0.39 is 4.92 Å². The summed E-state index contributed by atoms with van der Waals surface area (Å²) in [5.74, 6) is 0. The molecule has 0 aliphatic carbocycles. The number of nitro groups is 1. The Kier molecular flexibility index (Phi) is 2.36. The molecule has 0 saturated heterocycles. The molecule has 5 nitrogen and oxygen atoms in total. The maximum absolute atomic E-state index is 10.6. The summed E-state index contributed by atoms with van der Waals surface area (Å²) in [6.07, 6.45) is 0.507. The Morgan fingerprint density at radius 2 is 1.92 bits per heavy atom. The number of anilines is 2. The molecule has 0 spiro atoms. The zero-order chi connectivity index (χ0) is 10.0. The minimum atomic E-state index is -0.496. The average Bonchev–Trinajstić information content (AvgIpc) is 2.07. The van der Waals surface area contributed by atoms with E-state index in [2.05, 4.69) is 0 Å². The highest BCUT2D eigenvalue weighted by atomic mass is 16.6. The van der Waals surface area contributed by atoms with E-state index in [0.29, 0.717) is 17.7 Å². The predicted octanol–water partition coefficient (Wildman–Crippen LogP) is 1.32. The smallest absolute Gasteiger partial charge is 0.297 e. The van der Waals surface area contributed by atoms with E-state index in [1.165, 1.54) is 6.07 Å². The van der Waals surface area contributed by atoms with Crippen LogP contribution in [0.1, 0.15) is 12.5 Å². The van der Waals surface area contributed by atoms with E-state index in [4.69, 9.17) is 11.5 Å². The summed E-state index contributed by atoms with van der Waals surface area (Å²) >= 11 is 0. The summed E-state index contributed by atoms with van der Waals surface area (Å²) in [7, 11) is 0. The number of nitrogen functional groups attached to an aromatic ring is 2. The number of nitrogens with zero attached hydrogens (tertiary/aromatic N) is 1. The Balaban J connectivity index is 3.43. The number of nitrogens with two attached hydrogens (primary N) is 2. The van der Waals surface area contributed by atoms with Crippen LogP contribution in [0.2, 0.25) is 0 Å². The van der Waals surface area contributed by atoms with Crippen LogP contribution < -0.4 is 11.5 Å². The normalized spacial score (nSPS) is 9.92. The van der Waals surface area contributed by atoms with Crippen molar-refractivity contribution in [1.82, 2.24) is 0 Å². The van der Waals surface area contributed by atoms with Crippen molar-refractivity contribution in [3.63, 3.8) is 0 Å².